The zero-order chi connectivity index (χ0) is 28.2. The van der Waals surface area contributed by atoms with E-state index in [-0.39, 0.29) is 24.7 Å². The molecule has 1 radical (unpaired) electrons. The molecule has 0 aliphatic carbocycles. The van der Waals surface area contributed by atoms with Gasteiger partial charge in [-0.2, -0.15) is 0 Å². The summed E-state index contributed by atoms with van der Waals surface area (Å²) in [7, 11) is -2.92. The zero-order valence-electron chi connectivity index (χ0n) is 22.8. The molecule has 0 bridgehead atoms. The van der Waals surface area contributed by atoms with E-state index in [1.165, 1.54) is 0 Å². The third-order valence-corrected chi connectivity index (χ3v) is 25.7. The Kier molecular flexibility index (Phi) is 9.36. The Morgan fingerprint density at radius 3 is 0.857 bits per heavy atom. The van der Waals surface area contributed by atoms with E-state index in [1.54, 1.807) is 0 Å². The molecule has 6 rings (SSSR count). The van der Waals surface area contributed by atoms with E-state index in [2.05, 4.69) is 168 Å². The molecule has 42 heavy (non-hydrogen) atoms. The average Bonchev–Trinajstić information content (AvgIpc) is 3.07. The van der Waals surface area contributed by atoms with Crippen LogP contribution in [-0.2, 0) is 19.5 Å². The Labute approximate surface area is 274 Å². The van der Waals surface area contributed by atoms with Gasteiger partial charge in [-0.1, -0.05) is 0 Å². The first-order valence-electron chi connectivity index (χ1n) is 13.6. The van der Waals surface area contributed by atoms with E-state index in [1.807, 2.05) is 36.4 Å². The molecule has 0 atom stereocenters. The topological polar surface area (TPSA) is 17.1 Å². The number of carbonyl (C=O) groups excluding carboxylic acids is 1. The molecule has 0 amide bonds. The number of carbonyl (C=O) groups is 1. The molecular weight excluding hydrogens is 752 g/mol. The monoisotopic (exact) mass is 782 g/mol. The van der Waals surface area contributed by atoms with Crippen molar-refractivity contribution in [3.05, 3.63) is 182 Å². The maximum absolute atomic E-state index is 16.7. The van der Waals surface area contributed by atoms with Crippen LogP contribution in [0.15, 0.2) is 182 Å². The summed E-state index contributed by atoms with van der Waals surface area (Å²) in [5.41, 5.74) is 0. The molecule has 6 aromatic carbocycles. The van der Waals surface area contributed by atoms with Crippen molar-refractivity contribution in [3.63, 3.8) is 0 Å². The smallest absolute Gasteiger partial charge is 0 e. The summed E-state index contributed by atoms with van der Waals surface area (Å²) in [5, 5.41) is 6.68. The Morgan fingerprint density at radius 1 is 0.405 bits per heavy atom. The molecule has 6 aromatic rings. The van der Waals surface area contributed by atoms with E-state index in [9.17, 15) is 0 Å². The van der Waals surface area contributed by atoms with Crippen molar-refractivity contribution >= 4 is 70.6 Å². The van der Waals surface area contributed by atoms with Crippen LogP contribution in [0, 0.1) is 0 Å². The number of benzene rings is 6. The van der Waals surface area contributed by atoms with Crippen LogP contribution in [0.2, 0.25) is 0 Å². The summed E-state index contributed by atoms with van der Waals surface area (Å²) in [6, 6.07) is 63.0. The number of halogens is 1. The van der Waals surface area contributed by atoms with Gasteiger partial charge in [-0.3, -0.25) is 0 Å². The first-order valence-corrected chi connectivity index (χ1v) is 20.4. The van der Waals surface area contributed by atoms with Crippen LogP contribution in [0.4, 0.5) is 4.79 Å². The van der Waals surface area contributed by atoms with Crippen molar-refractivity contribution in [2.24, 2.45) is 0 Å². The molecule has 0 aromatic heterocycles. The minimum atomic E-state index is -3.87. The van der Waals surface area contributed by atoms with Crippen LogP contribution in [0.5, 0.6) is 0 Å². The second-order valence-corrected chi connectivity index (χ2v) is 23.4. The van der Waals surface area contributed by atoms with Gasteiger partial charge >= 0.3 is 257 Å². The van der Waals surface area contributed by atoms with Gasteiger partial charge < -0.3 is 0 Å². The predicted octanol–water partition coefficient (Wildman–Crippen LogP) is 7.98. The summed E-state index contributed by atoms with van der Waals surface area (Å²) < 4.78 is -3.87. The molecule has 0 aliphatic heterocycles. The molecule has 1 nitrogen and oxygen atoms in total. The molecule has 209 valence electrons. The van der Waals surface area contributed by atoms with Crippen molar-refractivity contribution in [3.8, 4) is 0 Å². The molecule has 0 spiro atoms. The molecule has 0 saturated carbocycles. The van der Waals surface area contributed by atoms with Crippen LogP contribution in [0.3, 0.4) is 0 Å². The average molecular weight is 782 g/mol. The standard InChI is InChI=1S/C37H30IOP2.Rh/c38-41(34-25-13-4-14-26-34,35-27-15-5-16-28-35,36-29-17-6-18-30-36)37(39)40(31-19-7-1-8-20-31,32-21-9-2-10-22-32)33-23-11-3-12-24-33;/h1-30H;/q+1;. The molecule has 0 heterocycles. The Morgan fingerprint density at radius 2 is 0.619 bits per heavy atom. The summed E-state index contributed by atoms with van der Waals surface area (Å²) in [6.45, 7) is 0. The largest absolute Gasteiger partial charge is 0 e. The van der Waals surface area contributed by atoms with Gasteiger partial charge in [0.2, 0.25) is 0 Å². The van der Waals surface area contributed by atoms with Crippen LogP contribution in [0.1, 0.15) is 0 Å². The van der Waals surface area contributed by atoms with Crippen molar-refractivity contribution in [2.45, 2.75) is 0 Å². The van der Waals surface area contributed by atoms with E-state index >= 15 is 4.79 Å². The normalized spacial score (nSPS) is 12.4. The predicted molar refractivity (Wildman–Crippen MR) is 190 cm³/mol. The fourth-order valence-electron chi connectivity index (χ4n) is 5.92. The summed E-state index contributed by atoms with van der Waals surface area (Å²) in [4.78, 5) is 16.7. The van der Waals surface area contributed by atoms with Crippen molar-refractivity contribution in [1.82, 2.24) is 0 Å². The van der Waals surface area contributed by atoms with Crippen LogP contribution >= 0.6 is 33.5 Å². The fraction of sp³-hybridized carbons (Fsp3) is 0. The van der Waals surface area contributed by atoms with Crippen LogP contribution in [0.25, 0.3) is 0 Å². The first-order chi connectivity index (χ1) is 20.1. The third kappa shape index (κ3) is 4.76. The molecule has 0 N–H and O–H groups in total. The molecule has 0 unspecified atom stereocenters. The van der Waals surface area contributed by atoms with E-state index in [0.29, 0.717) is 0 Å². The number of hydrogen-bond donors (Lipinski definition) is 0. The molecule has 0 saturated heterocycles. The minimum Gasteiger partial charge on any atom is 0 e. The Bertz CT molecular complexity index is 1560. The van der Waals surface area contributed by atoms with E-state index < -0.39 is 11.5 Å². The first kappa shape index (κ1) is 30.7. The second-order valence-electron chi connectivity index (χ2n) is 9.98. The summed E-state index contributed by atoms with van der Waals surface area (Å²) in [5.74, 6) is 0. The van der Waals surface area contributed by atoms with Gasteiger partial charge in [0.25, 0.3) is 0 Å². The van der Waals surface area contributed by atoms with Crippen molar-refractivity contribution in [2.75, 3.05) is 0 Å². The molecular formula is C37H30IOP2Rh+. The van der Waals surface area contributed by atoms with E-state index in [4.69, 9.17) is 0 Å². The third-order valence-electron chi connectivity index (χ3n) is 7.80. The zero-order valence-corrected chi connectivity index (χ0v) is 28.4. The second kappa shape index (κ2) is 12.8. The van der Waals surface area contributed by atoms with Gasteiger partial charge in [0, 0.05) is 19.5 Å². The summed E-state index contributed by atoms with van der Waals surface area (Å²) in [6.07, 6.45) is 0. The maximum atomic E-state index is 16.7. The van der Waals surface area contributed by atoms with Gasteiger partial charge in [-0.15, -0.1) is 0 Å². The van der Waals surface area contributed by atoms with Gasteiger partial charge in [-0.25, -0.2) is 0 Å². The quantitative estimate of drug-likeness (QED) is 0.0871. The minimum absolute atomic E-state index is 0. The van der Waals surface area contributed by atoms with Crippen molar-refractivity contribution < 1.29 is 24.3 Å². The van der Waals surface area contributed by atoms with E-state index in [0.717, 1.165) is 31.8 Å². The fourth-order valence-corrected chi connectivity index (χ4v) is 23.2. The number of hydrogen-bond acceptors (Lipinski definition) is 1. The van der Waals surface area contributed by atoms with Crippen molar-refractivity contribution in [1.29, 1.82) is 0 Å². The van der Waals surface area contributed by atoms with Gasteiger partial charge in [0.15, 0.2) is 0 Å². The van der Waals surface area contributed by atoms with Crippen LogP contribution < -0.4 is 31.8 Å². The maximum Gasteiger partial charge on any atom is 0 e. The van der Waals surface area contributed by atoms with Gasteiger partial charge in [0.05, 0.1) is 0 Å². The van der Waals surface area contributed by atoms with Gasteiger partial charge in [-0.05, 0) is 0 Å². The van der Waals surface area contributed by atoms with Crippen LogP contribution in [-0.4, -0.2) is 5.27 Å². The molecule has 0 fully saturated rings. The number of rotatable bonds is 8. The Balaban J connectivity index is 0.00000353. The Hall–Kier alpha value is -2.80. The SMILES string of the molecule is O=C([P+](c1ccccc1)(c1ccccc1)c1ccccc1)P(I)(c1ccccc1)(c1ccccc1)c1ccccc1.[Rh]. The molecule has 0 aliphatic rings. The molecule has 5 heteroatoms. The summed E-state index contributed by atoms with van der Waals surface area (Å²) >= 11 is 2.65. The van der Waals surface area contributed by atoms with Gasteiger partial charge in [0.1, 0.15) is 0 Å².